The van der Waals surface area contributed by atoms with Crippen molar-refractivity contribution >= 4 is 5.97 Å². The predicted molar refractivity (Wildman–Crippen MR) is 98.2 cm³/mol. The van der Waals surface area contributed by atoms with Crippen molar-refractivity contribution in [2.24, 2.45) is 11.3 Å². The van der Waals surface area contributed by atoms with Crippen molar-refractivity contribution in [3.8, 4) is 0 Å². The summed E-state index contributed by atoms with van der Waals surface area (Å²) >= 11 is 0. The topological polar surface area (TPSA) is 32.8 Å². The van der Waals surface area contributed by atoms with Gasteiger partial charge < -0.3 is 4.74 Å². The van der Waals surface area contributed by atoms with Crippen molar-refractivity contribution in [3.05, 3.63) is 35.9 Å². The molecule has 0 amide bonds. The summed E-state index contributed by atoms with van der Waals surface area (Å²) in [4.78, 5) is 18.1. The molecular formula is C21H30N2O2. The molecule has 1 aromatic carbocycles. The molecular weight excluding hydrogens is 312 g/mol. The highest BCUT2D eigenvalue weighted by atomic mass is 16.5. The van der Waals surface area contributed by atoms with E-state index in [1.165, 1.54) is 0 Å². The minimum Gasteiger partial charge on any atom is -0.459 e. The van der Waals surface area contributed by atoms with Crippen LogP contribution in [0.3, 0.4) is 0 Å². The summed E-state index contributed by atoms with van der Waals surface area (Å²) in [5.41, 5.74) is 0.617. The largest absolute Gasteiger partial charge is 0.459 e. The number of carbonyl (C=O) groups is 1. The molecule has 0 saturated carbocycles. The van der Waals surface area contributed by atoms with E-state index in [4.69, 9.17) is 4.74 Å². The lowest BCUT2D eigenvalue weighted by molar-refractivity contribution is -0.181. The predicted octanol–water partition coefficient (Wildman–Crippen LogP) is 2.88. The Morgan fingerprint density at radius 2 is 1.80 bits per heavy atom. The summed E-state index contributed by atoms with van der Waals surface area (Å²) in [6.45, 7) is 11.6. The molecule has 0 aromatic heterocycles. The van der Waals surface area contributed by atoms with Crippen molar-refractivity contribution in [3.63, 3.8) is 0 Å². The highest BCUT2D eigenvalue weighted by molar-refractivity contribution is 5.82. The highest BCUT2D eigenvalue weighted by Crippen LogP contribution is 2.41. The molecule has 4 fully saturated rings. The number of carbonyl (C=O) groups excluding carboxylic acids is 1. The Hall–Kier alpha value is -1.39. The van der Waals surface area contributed by atoms with Crippen molar-refractivity contribution in [2.75, 3.05) is 32.7 Å². The molecule has 4 heteroatoms. The normalized spacial score (nSPS) is 33.3. The highest BCUT2D eigenvalue weighted by Gasteiger charge is 2.51. The van der Waals surface area contributed by atoms with Crippen molar-refractivity contribution < 1.29 is 9.53 Å². The SMILES string of the molecule is CC1(C)CN(C(C)(C(=O)O[C@H]2CN3CCC2CC3)c2ccccc2)C1. The van der Waals surface area contributed by atoms with Crippen molar-refractivity contribution in [2.45, 2.75) is 45.3 Å². The van der Waals surface area contributed by atoms with E-state index >= 15 is 0 Å². The zero-order valence-corrected chi connectivity index (χ0v) is 15.7. The molecule has 4 aliphatic rings. The fourth-order valence-electron chi connectivity index (χ4n) is 4.79. The molecule has 0 spiro atoms. The molecule has 4 saturated heterocycles. The van der Waals surface area contributed by atoms with Crippen LogP contribution in [0, 0.1) is 11.3 Å². The molecule has 4 heterocycles. The first-order valence-corrected chi connectivity index (χ1v) is 9.62. The van der Waals surface area contributed by atoms with Gasteiger partial charge in [0.15, 0.2) is 0 Å². The Balaban J connectivity index is 1.56. The summed E-state index contributed by atoms with van der Waals surface area (Å²) in [6.07, 6.45) is 2.39. The molecule has 25 heavy (non-hydrogen) atoms. The second kappa shape index (κ2) is 6.10. The first-order chi connectivity index (χ1) is 11.9. The molecule has 136 valence electrons. The molecule has 0 N–H and O–H groups in total. The van der Waals surface area contributed by atoms with Gasteiger partial charge in [-0.2, -0.15) is 0 Å². The number of rotatable bonds is 4. The van der Waals surface area contributed by atoms with Crippen molar-refractivity contribution in [1.29, 1.82) is 0 Å². The third kappa shape index (κ3) is 3.00. The summed E-state index contributed by atoms with van der Waals surface area (Å²) in [6, 6.07) is 10.1. The van der Waals surface area contributed by atoms with Crippen LogP contribution >= 0.6 is 0 Å². The number of benzene rings is 1. The van der Waals surface area contributed by atoms with Crippen LogP contribution in [0.15, 0.2) is 30.3 Å². The third-order valence-corrected chi connectivity index (χ3v) is 6.46. The van der Waals surface area contributed by atoms with Gasteiger partial charge in [-0.25, -0.2) is 4.79 Å². The standard InChI is InChI=1S/C21H30N2O2/c1-20(2)14-23(15-20)21(3,17-7-5-4-6-8-17)19(24)25-18-13-22-11-9-16(18)10-12-22/h4-8,16,18H,9-15H2,1-3H3/t18-,21?/m0/s1. The number of hydrogen-bond acceptors (Lipinski definition) is 4. The van der Waals surface area contributed by atoms with Gasteiger partial charge in [-0.1, -0.05) is 44.2 Å². The monoisotopic (exact) mass is 342 g/mol. The average Bonchev–Trinajstić information content (AvgIpc) is 2.60. The van der Waals surface area contributed by atoms with Crippen LogP contribution in [-0.4, -0.2) is 54.6 Å². The van der Waals surface area contributed by atoms with Gasteiger partial charge in [-0.15, -0.1) is 0 Å². The molecule has 2 atom stereocenters. The third-order valence-electron chi connectivity index (χ3n) is 6.46. The Morgan fingerprint density at radius 1 is 1.16 bits per heavy atom. The number of nitrogens with zero attached hydrogens (tertiary/aromatic N) is 2. The summed E-state index contributed by atoms with van der Waals surface area (Å²) in [5, 5.41) is 0. The summed E-state index contributed by atoms with van der Waals surface area (Å²) in [5.74, 6) is 0.467. The van der Waals surface area contributed by atoms with Gasteiger partial charge >= 0.3 is 5.97 Å². The molecule has 2 bridgehead atoms. The summed E-state index contributed by atoms with van der Waals surface area (Å²) < 4.78 is 6.15. The molecule has 4 nitrogen and oxygen atoms in total. The first kappa shape index (κ1) is 17.0. The van der Waals surface area contributed by atoms with E-state index in [1.54, 1.807) is 0 Å². The number of piperidine rings is 3. The Kier molecular flexibility index (Phi) is 4.16. The van der Waals surface area contributed by atoms with Crippen LogP contribution in [-0.2, 0) is 15.1 Å². The van der Waals surface area contributed by atoms with E-state index in [-0.39, 0.29) is 17.5 Å². The number of fused-ring (bicyclic) bond motifs is 3. The fourth-order valence-corrected chi connectivity index (χ4v) is 4.79. The second-order valence-corrected chi connectivity index (χ2v) is 9.04. The van der Waals surface area contributed by atoms with Crippen LogP contribution in [0.5, 0.6) is 0 Å². The van der Waals surface area contributed by atoms with E-state index in [2.05, 4.69) is 35.8 Å². The maximum absolute atomic E-state index is 13.4. The smallest absolute Gasteiger partial charge is 0.331 e. The van der Waals surface area contributed by atoms with Gasteiger partial charge in [0.25, 0.3) is 0 Å². The lowest BCUT2D eigenvalue weighted by Crippen LogP contribution is -2.64. The molecule has 4 aliphatic heterocycles. The number of likely N-dealkylation sites (tertiary alicyclic amines) is 1. The first-order valence-electron chi connectivity index (χ1n) is 9.62. The number of hydrogen-bond donors (Lipinski definition) is 0. The molecule has 1 aromatic rings. The van der Waals surface area contributed by atoms with Gasteiger partial charge in [0.1, 0.15) is 11.6 Å². The Bertz CT molecular complexity index is 629. The lowest BCUT2D eigenvalue weighted by atomic mass is 9.77. The van der Waals surface area contributed by atoms with Gasteiger partial charge in [-0.3, -0.25) is 9.80 Å². The minimum absolute atomic E-state index is 0.0623. The molecule has 5 rings (SSSR count). The number of esters is 1. The van der Waals surface area contributed by atoms with E-state index < -0.39 is 5.54 Å². The Morgan fingerprint density at radius 3 is 2.32 bits per heavy atom. The van der Waals surface area contributed by atoms with E-state index in [0.717, 1.165) is 51.1 Å². The zero-order chi connectivity index (χ0) is 17.7. The minimum atomic E-state index is -0.692. The zero-order valence-electron chi connectivity index (χ0n) is 15.7. The quantitative estimate of drug-likeness (QED) is 0.788. The van der Waals surface area contributed by atoms with Gasteiger partial charge in [0.05, 0.1) is 0 Å². The van der Waals surface area contributed by atoms with E-state index in [0.29, 0.717) is 5.92 Å². The molecule has 0 aliphatic carbocycles. The molecule has 1 unspecified atom stereocenters. The fraction of sp³-hybridized carbons (Fsp3) is 0.667. The summed E-state index contributed by atoms with van der Waals surface area (Å²) in [7, 11) is 0. The number of ether oxygens (including phenoxy) is 1. The van der Waals surface area contributed by atoms with Crippen LogP contribution in [0.1, 0.15) is 39.2 Å². The maximum atomic E-state index is 13.4. The van der Waals surface area contributed by atoms with Gasteiger partial charge in [-0.05, 0) is 49.8 Å². The average molecular weight is 342 g/mol. The van der Waals surface area contributed by atoms with E-state index in [9.17, 15) is 4.79 Å². The second-order valence-electron chi connectivity index (χ2n) is 9.04. The van der Waals surface area contributed by atoms with Crippen LogP contribution < -0.4 is 0 Å². The van der Waals surface area contributed by atoms with Gasteiger partial charge in [0, 0.05) is 19.6 Å². The van der Waals surface area contributed by atoms with Gasteiger partial charge in [0.2, 0.25) is 0 Å². The van der Waals surface area contributed by atoms with E-state index in [1.807, 2.05) is 25.1 Å². The molecule has 0 radical (unpaired) electrons. The Labute approximate surface area is 151 Å². The maximum Gasteiger partial charge on any atom is 0.331 e. The van der Waals surface area contributed by atoms with Crippen molar-refractivity contribution in [1.82, 2.24) is 9.80 Å². The van der Waals surface area contributed by atoms with Crippen LogP contribution in [0.4, 0.5) is 0 Å². The van der Waals surface area contributed by atoms with Crippen LogP contribution in [0.2, 0.25) is 0 Å². The van der Waals surface area contributed by atoms with Crippen LogP contribution in [0.25, 0.3) is 0 Å². The lowest BCUT2D eigenvalue weighted by Gasteiger charge is -2.54.